The second kappa shape index (κ2) is 5.36. The molecule has 0 aliphatic heterocycles. The lowest BCUT2D eigenvalue weighted by Crippen LogP contribution is -2.13. The number of hydrogen-bond acceptors (Lipinski definition) is 2. The van der Waals surface area contributed by atoms with Gasteiger partial charge in [0.15, 0.2) is 0 Å². The Morgan fingerprint density at radius 1 is 1.28 bits per heavy atom. The molecular weight excluding hydrogens is 229 g/mol. The summed E-state index contributed by atoms with van der Waals surface area (Å²) in [4.78, 5) is 0. The lowest BCUT2D eigenvalue weighted by molar-refractivity contribution is 0.434. The number of aryl methyl sites for hydroxylation is 2. The molecule has 0 bridgehead atoms. The number of rotatable bonds is 4. The Labute approximate surface area is 107 Å². The molecule has 1 atom stereocenters. The van der Waals surface area contributed by atoms with Gasteiger partial charge in [0.2, 0.25) is 0 Å². The van der Waals surface area contributed by atoms with Crippen molar-refractivity contribution in [2.75, 3.05) is 0 Å². The molecule has 0 radical (unpaired) electrons. The van der Waals surface area contributed by atoms with E-state index in [1.807, 2.05) is 26.0 Å². The van der Waals surface area contributed by atoms with Crippen LogP contribution in [0.15, 0.2) is 34.7 Å². The van der Waals surface area contributed by atoms with Crippen molar-refractivity contribution < 1.29 is 8.81 Å². The van der Waals surface area contributed by atoms with Gasteiger partial charge in [-0.15, -0.1) is 0 Å². The van der Waals surface area contributed by atoms with E-state index in [2.05, 4.69) is 0 Å². The molecule has 1 aromatic carbocycles. The molecule has 0 aliphatic carbocycles. The average molecular weight is 247 g/mol. The monoisotopic (exact) mass is 247 g/mol. The van der Waals surface area contributed by atoms with Crippen molar-refractivity contribution in [3.05, 3.63) is 58.8 Å². The summed E-state index contributed by atoms with van der Waals surface area (Å²) in [5, 5.41) is 0. The largest absolute Gasteiger partial charge is 0.464 e. The van der Waals surface area contributed by atoms with Crippen molar-refractivity contribution in [3.8, 4) is 0 Å². The first kappa shape index (κ1) is 12.8. The fourth-order valence-corrected chi connectivity index (χ4v) is 2.01. The van der Waals surface area contributed by atoms with Crippen molar-refractivity contribution in [2.45, 2.75) is 32.7 Å². The van der Waals surface area contributed by atoms with E-state index < -0.39 is 0 Å². The highest BCUT2D eigenvalue weighted by atomic mass is 19.1. The van der Waals surface area contributed by atoms with E-state index in [1.165, 1.54) is 12.1 Å². The summed E-state index contributed by atoms with van der Waals surface area (Å²) < 4.78 is 18.6. The molecule has 0 saturated heterocycles. The third kappa shape index (κ3) is 2.79. The highest BCUT2D eigenvalue weighted by Gasteiger charge is 2.13. The Bertz CT molecular complexity index is 533. The van der Waals surface area contributed by atoms with E-state index in [-0.39, 0.29) is 11.9 Å². The molecule has 0 aliphatic rings. The fraction of sp³-hybridized carbons (Fsp3) is 0.333. The van der Waals surface area contributed by atoms with Crippen LogP contribution in [0, 0.1) is 12.7 Å². The van der Waals surface area contributed by atoms with Crippen LogP contribution in [0.1, 0.15) is 35.6 Å². The number of halogens is 1. The normalized spacial score (nSPS) is 12.7. The molecule has 0 amide bonds. The number of hydrogen-bond donors (Lipinski definition) is 1. The maximum Gasteiger partial charge on any atom is 0.123 e. The lowest BCUT2D eigenvalue weighted by Gasteiger charge is -2.11. The summed E-state index contributed by atoms with van der Waals surface area (Å²) in [6, 6.07) is 8.47. The van der Waals surface area contributed by atoms with E-state index in [0.29, 0.717) is 6.42 Å². The first-order valence-electron chi connectivity index (χ1n) is 6.19. The van der Waals surface area contributed by atoms with Crippen molar-refractivity contribution in [2.24, 2.45) is 5.73 Å². The van der Waals surface area contributed by atoms with Crippen molar-refractivity contribution in [3.63, 3.8) is 0 Å². The van der Waals surface area contributed by atoms with Crippen LogP contribution in [0.5, 0.6) is 0 Å². The van der Waals surface area contributed by atoms with Gasteiger partial charge >= 0.3 is 0 Å². The highest BCUT2D eigenvalue weighted by molar-refractivity contribution is 5.28. The Hall–Kier alpha value is -1.61. The minimum atomic E-state index is -0.212. The summed E-state index contributed by atoms with van der Waals surface area (Å²) in [6.45, 7) is 3.93. The molecule has 96 valence electrons. The van der Waals surface area contributed by atoms with Gasteiger partial charge in [-0.3, -0.25) is 0 Å². The second-order valence-corrected chi connectivity index (χ2v) is 4.54. The molecule has 0 fully saturated rings. The van der Waals surface area contributed by atoms with Crippen LogP contribution in [0.3, 0.4) is 0 Å². The maximum atomic E-state index is 13.0. The summed E-state index contributed by atoms with van der Waals surface area (Å²) in [5.74, 6) is 1.52. The lowest BCUT2D eigenvalue weighted by atomic mass is 10.0. The van der Waals surface area contributed by atoms with Crippen LogP contribution in [-0.4, -0.2) is 0 Å². The summed E-state index contributed by atoms with van der Waals surface area (Å²) in [6.07, 6.45) is 1.52. The third-order valence-electron chi connectivity index (χ3n) is 3.14. The first-order chi connectivity index (χ1) is 8.60. The zero-order chi connectivity index (χ0) is 13.1. The summed E-state index contributed by atoms with van der Waals surface area (Å²) >= 11 is 0. The highest BCUT2D eigenvalue weighted by Crippen LogP contribution is 2.21. The Balaban J connectivity index is 2.13. The summed E-state index contributed by atoms with van der Waals surface area (Å²) in [7, 11) is 0. The fourth-order valence-electron chi connectivity index (χ4n) is 2.01. The maximum absolute atomic E-state index is 13.0. The van der Waals surface area contributed by atoms with Crippen molar-refractivity contribution in [1.82, 2.24) is 0 Å². The van der Waals surface area contributed by atoms with E-state index in [0.717, 1.165) is 29.1 Å². The quantitative estimate of drug-likeness (QED) is 0.897. The van der Waals surface area contributed by atoms with Crippen LogP contribution >= 0.6 is 0 Å². The predicted molar refractivity (Wildman–Crippen MR) is 69.9 cm³/mol. The van der Waals surface area contributed by atoms with Crippen LogP contribution in [0.2, 0.25) is 0 Å². The molecule has 0 spiro atoms. The molecule has 0 saturated carbocycles. The van der Waals surface area contributed by atoms with Crippen LogP contribution in [0.4, 0.5) is 4.39 Å². The van der Waals surface area contributed by atoms with Gasteiger partial charge in [-0.2, -0.15) is 0 Å². The SMILES string of the molecule is CCc1ccc(C(N)Cc2ccc(F)cc2C)o1. The molecule has 18 heavy (non-hydrogen) atoms. The zero-order valence-corrected chi connectivity index (χ0v) is 10.7. The first-order valence-corrected chi connectivity index (χ1v) is 6.19. The van der Waals surface area contributed by atoms with Crippen molar-refractivity contribution >= 4 is 0 Å². The topological polar surface area (TPSA) is 39.2 Å². The standard InChI is InChI=1S/C15H18FNO/c1-3-13-6-7-15(18-13)14(17)9-11-4-5-12(16)8-10(11)2/h4-8,14H,3,9,17H2,1-2H3. The molecule has 1 aromatic heterocycles. The Morgan fingerprint density at radius 3 is 2.67 bits per heavy atom. The molecule has 1 unspecified atom stereocenters. The Morgan fingerprint density at radius 2 is 2.06 bits per heavy atom. The molecule has 3 heteroatoms. The van der Waals surface area contributed by atoms with Crippen LogP contribution in [0.25, 0.3) is 0 Å². The molecule has 2 nitrogen and oxygen atoms in total. The summed E-state index contributed by atoms with van der Waals surface area (Å²) in [5.41, 5.74) is 8.09. The van der Waals surface area contributed by atoms with Crippen molar-refractivity contribution in [1.29, 1.82) is 0 Å². The van der Waals surface area contributed by atoms with Gasteiger partial charge in [-0.1, -0.05) is 13.0 Å². The number of benzene rings is 1. The minimum absolute atomic E-state index is 0.186. The van der Waals surface area contributed by atoms with Crippen LogP contribution < -0.4 is 5.73 Å². The third-order valence-corrected chi connectivity index (χ3v) is 3.14. The van der Waals surface area contributed by atoms with Gasteiger partial charge in [-0.25, -0.2) is 4.39 Å². The number of nitrogens with two attached hydrogens (primary N) is 1. The second-order valence-electron chi connectivity index (χ2n) is 4.54. The average Bonchev–Trinajstić information content (AvgIpc) is 2.81. The van der Waals surface area contributed by atoms with E-state index in [4.69, 9.17) is 10.2 Å². The van der Waals surface area contributed by atoms with Gasteiger partial charge in [0.1, 0.15) is 17.3 Å². The van der Waals surface area contributed by atoms with Gasteiger partial charge in [-0.05, 0) is 48.7 Å². The molecule has 2 N–H and O–H groups in total. The number of furan rings is 1. The molecular formula is C15H18FNO. The molecule has 2 rings (SSSR count). The minimum Gasteiger partial charge on any atom is -0.464 e. The van der Waals surface area contributed by atoms with Gasteiger partial charge in [0.05, 0.1) is 6.04 Å². The van der Waals surface area contributed by atoms with Gasteiger partial charge in [0.25, 0.3) is 0 Å². The van der Waals surface area contributed by atoms with Gasteiger partial charge in [0, 0.05) is 6.42 Å². The smallest absolute Gasteiger partial charge is 0.123 e. The molecule has 1 heterocycles. The zero-order valence-electron chi connectivity index (χ0n) is 10.7. The van der Waals surface area contributed by atoms with E-state index >= 15 is 0 Å². The molecule has 2 aromatic rings. The Kier molecular flexibility index (Phi) is 3.82. The van der Waals surface area contributed by atoms with Gasteiger partial charge < -0.3 is 10.2 Å². The van der Waals surface area contributed by atoms with Crippen LogP contribution in [-0.2, 0) is 12.8 Å². The van der Waals surface area contributed by atoms with E-state index in [1.54, 1.807) is 6.07 Å². The predicted octanol–water partition coefficient (Wildman–Crippen LogP) is 3.53. The van der Waals surface area contributed by atoms with E-state index in [9.17, 15) is 4.39 Å².